The number of benzene rings is 2. The Hall–Kier alpha value is -2.44. The summed E-state index contributed by atoms with van der Waals surface area (Å²) >= 11 is 12.1. The minimum Gasteiger partial charge on any atom is -0.293 e. The topological polar surface area (TPSA) is 70.7 Å². The maximum atomic E-state index is 12.9. The van der Waals surface area contributed by atoms with Gasteiger partial charge in [-0.3, -0.25) is 15.2 Å². The molecule has 8 heteroatoms. The summed E-state index contributed by atoms with van der Waals surface area (Å²) in [6.07, 6.45) is -0.00106. The van der Waals surface area contributed by atoms with Gasteiger partial charge in [-0.05, 0) is 42.0 Å². The highest BCUT2D eigenvalue weighted by atomic mass is 35.5. The summed E-state index contributed by atoms with van der Waals surface area (Å²) < 4.78 is 12.9. The first-order valence-electron chi connectivity index (χ1n) is 6.94. The molecule has 0 unspecified atom stereocenters. The van der Waals surface area contributed by atoms with Crippen LogP contribution in [0.1, 0.15) is 5.56 Å². The first-order valence-corrected chi connectivity index (χ1v) is 7.69. The molecule has 1 amide bonds. The lowest BCUT2D eigenvalue weighted by Gasteiger charge is -2.05. The molecule has 0 radical (unpaired) electrons. The van der Waals surface area contributed by atoms with Crippen molar-refractivity contribution in [3.8, 4) is 11.4 Å². The van der Waals surface area contributed by atoms with Gasteiger partial charge in [0.25, 0.3) is 0 Å². The average Bonchev–Trinajstić information content (AvgIpc) is 3.00. The third-order valence-corrected chi connectivity index (χ3v) is 3.96. The molecule has 0 saturated heterocycles. The number of hydrogen-bond acceptors (Lipinski definition) is 3. The van der Waals surface area contributed by atoms with E-state index in [0.29, 0.717) is 27.0 Å². The van der Waals surface area contributed by atoms with Gasteiger partial charge in [-0.25, -0.2) is 4.39 Å². The van der Waals surface area contributed by atoms with Crippen LogP contribution in [0, 0.1) is 5.82 Å². The van der Waals surface area contributed by atoms with Crippen LogP contribution < -0.4 is 5.32 Å². The Kier molecular flexibility index (Phi) is 4.78. The van der Waals surface area contributed by atoms with E-state index in [1.165, 1.54) is 12.1 Å². The lowest BCUT2D eigenvalue weighted by molar-refractivity contribution is -0.115. The van der Waals surface area contributed by atoms with E-state index in [4.69, 9.17) is 23.2 Å². The predicted octanol–water partition coefficient (Wildman–Crippen LogP) is 4.10. The fourth-order valence-corrected chi connectivity index (χ4v) is 2.62. The van der Waals surface area contributed by atoms with Crippen LogP contribution in [0.25, 0.3) is 11.4 Å². The zero-order valence-corrected chi connectivity index (χ0v) is 13.7. The number of aromatic nitrogens is 3. The van der Waals surface area contributed by atoms with Crippen molar-refractivity contribution in [3.05, 3.63) is 63.9 Å². The van der Waals surface area contributed by atoms with Crippen molar-refractivity contribution in [1.29, 1.82) is 0 Å². The molecule has 0 spiro atoms. The summed E-state index contributed by atoms with van der Waals surface area (Å²) in [4.78, 5) is 16.3. The second kappa shape index (κ2) is 6.98. The summed E-state index contributed by atoms with van der Waals surface area (Å²) in [6, 6.07) is 10.8. The van der Waals surface area contributed by atoms with E-state index in [2.05, 4.69) is 20.5 Å². The van der Waals surface area contributed by atoms with Gasteiger partial charge in [0.1, 0.15) is 5.82 Å². The lowest BCUT2D eigenvalue weighted by Crippen LogP contribution is -2.15. The number of halogens is 3. The molecule has 0 aliphatic rings. The molecule has 3 rings (SSSR count). The average molecular weight is 365 g/mol. The van der Waals surface area contributed by atoms with E-state index < -0.39 is 0 Å². The van der Waals surface area contributed by atoms with Crippen molar-refractivity contribution in [3.63, 3.8) is 0 Å². The van der Waals surface area contributed by atoms with E-state index in [0.717, 1.165) is 0 Å². The Labute approximate surface area is 146 Å². The molecule has 3 aromatic rings. The number of nitrogens with zero attached hydrogens (tertiary/aromatic N) is 2. The molecule has 2 N–H and O–H groups in total. The van der Waals surface area contributed by atoms with Crippen molar-refractivity contribution in [1.82, 2.24) is 15.2 Å². The van der Waals surface area contributed by atoms with Gasteiger partial charge in [0.05, 0.1) is 6.42 Å². The quantitative estimate of drug-likeness (QED) is 0.731. The molecule has 122 valence electrons. The third kappa shape index (κ3) is 3.72. The standard InChI is InChI=1S/C16H11Cl2FN4O/c17-12-2-1-3-13(18)11(12)8-14(24)20-16-21-15(22-23-16)9-4-6-10(19)7-5-9/h1-7H,8H2,(H2,20,21,22,23,24). The number of hydrogen-bond donors (Lipinski definition) is 2. The molecule has 0 fully saturated rings. The second-order valence-electron chi connectivity index (χ2n) is 4.94. The summed E-state index contributed by atoms with van der Waals surface area (Å²) in [5.41, 5.74) is 1.19. The molecule has 0 atom stereocenters. The number of nitrogens with one attached hydrogen (secondary N) is 2. The smallest absolute Gasteiger partial charge is 0.249 e. The maximum Gasteiger partial charge on any atom is 0.249 e. The van der Waals surface area contributed by atoms with E-state index in [1.807, 2.05) is 0 Å². The number of carbonyl (C=O) groups excluding carboxylic acids is 1. The zero-order chi connectivity index (χ0) is 17.1. The zero-order valence-electron chi connectivity index (χ0n) is 12.2. The van der Waals surface area contributed by atoms with Crippen LogP contribution >= 0.6 is 23.2 Å². The molecule has 1 aromatic heterocycles. The Morgan fingerprint density at radius 1 is 1.12 bits per heavy atom. The molecule has 0 saturated carbocycles. The van der Waals surface area contributed by atoms with Crippen LogP contribution in [0.3, 0.4) is 0 Å². The number of carbonyl (C=O) groups is 1. The maximum absolute atomic E-state index is 12.9. The van der Waals surface area contributed by atoms with Crippen molar-refractivity contribution in [2.75, 3.05) is 5.32 Å². The van der Waals surface area contributed by atoms with Gasteiger partial charge >= 0.3 is 0 Å². The summed E-state index contributed by atoms with van der Waals surface area (Å²) in [5, 5.41) is 9.99. The molecular weight excluding hydrogens is 354 g/mol. The van der Waals surface area contributed by atoms with E-state index in [-0.39, 0.29) is 24.1 Å². The monoisotopic (exact) mass is 364 g/mol. The van der Waals surface area contributed by atoms with Crippen LogP contribution in [0.5, 0.6) is 0 Å². The van der Waals surface area contributed by atoms with Crippen molar-refractivity contribution in [2.45, 2.75) is 6.42 Å². The first-order chi connectivity index (χ1) is 11.5. The fraction of sp³-hybridized carbons (Fsp3) is 0.0625. The minimum atomic E-state index is -0.352. The highest BCUT2D eigenvalue weighted by Crippen LogP contribution is 2.25. The molecule has 0 aliphatic heterocycles. The lowest BCUT2D eigenvalue weighted by atomic mass is 10.1. The fourth-order valence-electron chi connectivity index (χ4n) is 2.09. The summed E-state index contributed by atoms with van der Waals surface area (Å²) in [5.74, 6) is -0.165. The Morgan fingerprint density at radius 3 is 2.46 bits per heavy atom. The van der Waals surface area contributed by atoms with E-state index in [9.17, 15) is 9.18 Å². The number of aromatic amines is 1. The molecule has 24 heavy (non-hydrogen) atoms. The molecule has 0 aliphatic carbocycles. The van der Waals surface area contributed by atoms with E-state index >= 15 is 0 Å². The highest BCUT2D eigenvalue weighted by Gasteiger charge is 2.13. The van der Waals surface area contributed by atoms with Gasteiger partial charge in [-0.15, -0.1) is 5.10 Å². The van der Waals surface area contributed by atoms with Gasteiger partial charge in [0.2, 0.25) is 11.9 Å². The molecular formula is C16H11Cl2FN4O. The van der Waals surface area contributed by atoms with E-state index in [1.54, 1.807) is 30.3 Å². The minimum absolute atomic E-state index is 0.00106. The van der Waals surface area contributed by atoms with Gasteiger partial charge < -0.3 is 0 Å². The largest absolute Gasteiger partial charge is 0.293 e. The summed E-state index contributed by atoms with van der Waals surface area (Å²) in [7, 11) is 0. The van der Waals surface area contributed by atoms with Gasteiger partial charge in [0, 0.05) is 15.6 Å². The first kappa shape index (κ1) is 16.4. The van der Waals surface area contributed by atoms with Crippen molar-refractivity contribution in [2.24, 2.45) is 0 Å². The van der Waals surface area contributed by atoms with Crippen molar-refractivity contribution < 1.29 is 9.18 Å². The van der Waals surface area contributed by atoms with Crippen molar-refractivity contribution >= 4 is 35.1 Å². The Morgan fingerprint density at radius 2 is 1.79 bits per heavy atom. The van der Waals surface area contributed by atoms with Crippen LogP contribution in [0.15, 0.2) is 42.5 Å². The molecule has 0 bridgehead atoms. The van der Waals surface area contributed by atoms with Crippen LogP contribution in [-0.4, -0.2) is 21.1 Å². The van der Waals surface area contributed by atoms with Gasteiger partial charge in [0.15, 0.2) is 5.82 Å². The number of H-pyrrole nitrogens is 1. The Balaban J connectivity index is 1.70. The SMILES string of the molecule is O=C(Cc1c(Cl)cccc1Cl)Nc1n[nH]c(-c2ccc(F)cc2)n1. The Bertz CT molecular complexity index is 860. The summed E-state index contributed by atoms with van der Waals surface area (Å²) in [6.45, 7) is 0. The van der Waals surface area contributed by atoms with Crippen LogP contribution in [-0.2, 0) is 11.2 Å². The third-order valence-electron chi connectivity index (χ3n) is 3.25. The second-order valence-corrected chi connectivity index (χ2v) is 5.75. The number of rotatable bonds is 4. The molecule has 2 aromatic carbocycles. The molecule has 5 nitrogen and oxygen atoms in total. The van der Waals surface area contributed by atoms with Gasteiger partial charge in [-0.2, -0.15) is 4.98 Å². The number of amides is 1. The predicted molar refractivity (Wildman–Crippen MR) is 90.6 cm³/mol. The number of anilines is 1. The van der Waals surface area contributed by atoms with Gasteiger partial charge in [-0.1, -0.05) is 29.3 Å². The van der Waals surface area contributed by atoms with Crippen LogP contribution in [0.2, 0.25) is 10.0 Å². The molecule has 1 heterocycles. The highest BCUT2D eigenvalue weighted by molar-refractivity contribution is 6.36. The van der Waals surface area contributed by atoms with Crippen LogP contribution in [0.4, 0.5) is 10.3 Å². The normalized spacial score (nSPS) is 10.6.